The van der Waals surface area contributed by atoms with Gasteiger partial charge in [-0.1, -0.05) is 18.2 Å². The van der Waals surface area contributed by atoms with Gasteiger partial charge >= 0.3 is 5.97 Å². The monoisotopic (exact) mass is 418 g/mol. The molecule has 0 fully saturated rings. The number of carboxylic acid groups (broad SMARTS) is 1. The van der Waals surface area contributed by atoms with Crippen LogP contribution in [0.15, 0.2) is 72.8 Å². The van der Waals surface area contributed by atoms with Crippen LogP contribution >= 0.6 is 0 Å². The standard InChI is InChI=1S/C24H22N2O5/c1-15(2)25-23(28)20-14-19(31-18-6-4-3-5-7-18)12-13-21(20)26-22(27)16-8-10-17(11-9-16)24(29)30/h3-15H,1-2H3,(H,25,28)(H,26,27)(H,29,30). The Kier molecular flexibility index (Phi) is 6.67. The highest BCUT2D eigenvalue weighted by molar-refractivity contribution is 6.09. The van der Waals surface area contributed by atoms with Gasteiger partial charge < -0.3 is 20.5 Å². The summed E-state index contributed by atoms with van der Waals surface area (Å²) in [6, 6.07) is 19.4. The molecule has 3 aromatic carbocycles. The van der Waals surface area contributed by atoms with Crippen molar-refractivity contribution in [3.63, 3.8) is 0 Å². The quantitative estimate of drug-likeness (QED) is 0.521. The number of carbonyl (C=O) groups is 3. The Labute approximate surface area is 179 Å². The van der Waals surface area contributed by atoms with Gasteiger partial charge in [-0.25, -0.2) is 4.79 Å². The maximum absolute atomic E-state index is 12.7. The van der Waals surface area contributed by atoms with Crippen LogP contribution in [0.3, 0.4) is 0 Å². The molecule has 0 aromatic heterocycles. The lowest BCUT2D eigenvalue weighted by molar-refractivity contribution is 0.0696. The van der Waals surface area contributed by atoms with E-state index < -0.39 is 11.9 Å². The lowest BCUT2D eigenvalue weighted by atomic mass is 10.1. The average molecular weight is 418 g/mol. The van der Waals surface area contributed by atoms with Crippen LogP contribution in [0.5, 0.6) is 11.5 Å². The van der Waals surface area contributed by atoms with Crippen LogP contribution in [0.1, 0.15) is 44.9 Å². The summed E-state index contributed by atoms with van der Waals surface area (Å²) in [5.74, 6) is -0.831. The summed E-state index contributed by atoms with van der Waals surface area (Å²) in [7, 11) is 0. The van der Waals surface area contributed by atoms with Crippen LogP contribution < -0.4 is 15.4 Å². The van der Waals surface area contributed by atoms with Crippen molar-refractivity contribution in [1.82, 2.24) is 5.32 Å². The lowest BCUT2D eigenvalue weighted by Crippen LogP contribution is -2.31. The van der Waals surface area contributed by atoms with Crippen LogP contribution in [-0.2, 0) is 0 Å². The molecule has 0 unspecified atom stereocenters. The van der Waals surface area contributed by atoms with E-state index >= 15 is 0 Å². The Morgan fingerprint density at radius 1 is 0.806 bits per heavy atom. The Balaban J connectivity index is 1.87. The van der Waals surface area contributed by atoms with Crippen molar-refractivity contribution in [2.45, 2.75) is 19.9 Å². The van der Waals surface area contributed by atoms with Crippen LogP contribution in [0.25, 0.3) is 0 Å². The fraction of sp³-hybridized carbons (Fsp3) is 0.125. The first-order valence-corrected chi connectivity index (χ1v) is 9.66. The number of rotatable bonds is 7. The second-order valence-electron chi connectivity index (χ2n) is 7.09. The van der Waals surface area contributed by atoms with Crippen LogP contribution in [0.2, 0.25) is 0 Å². The van der Waals surface area contributed by atoms with Gasteiger partial charge in [-0.2, -0.15) is 0 Å². The number of ether oxygens (including phenoxy) is 1. The normalized spacial score (nSPS) is 10.4. The molecule has 3 N–H and O–H groups in total. The second-order valence-corrected chi connectivity index (χ2v) is 7.09. The van der Waals surface area contributed by atoms with Crippen molar-refractivity contribution in [2.75, 3.05) is 5.32 Å². The molecule has 0 aliphatic heterocycles. The highest BCUT2D eigenvalue weighted by atomic mass is 16.5. The third-order valence-corrected chi connectivity index (χ3v) is 4.28. The zero-order valence-electron chi connectivity index (χ0n) is 17.1. The Hall–Kier alpha value is -4.13. The van der Waals surface area contributed by atoms with E-state index in [-0.39, 0.29) is 28.6 Å². The van der Waals surface area contributed by atoms with E-state index in [0.29, 0.717) is 17.2 Å². The number of carboxylic acids is 1. The van der Waals surface area contributed by atoms with Crippen LogP contribution in [0, 0.1) is 0 Å². The zero-order valence-corrected chi connectivity index (χ0v) is 17.1. The molecular formula is C24H22N2O5. The number of nitrogens with one attached hydrogen (secondary N) is 2. The molecule has 0 aliphatic rings. The van der Waals surface area contributed by atoms with Gasteiger partial charge in [0.25, 0.3) is 11.8 Å². The summed E-state index contributed by atoms with van der Waals surface area (Å²) in [5, 5.41) is 14.5. The predicted molar refractivity (Wildman–Crippen MR) is 117 cm³/mol. The molecule has 0 aliphatic carbocycles. The SMILES string of the molecule is CC(C)NC(=O)c1cc(Oc2ccccc2)ccc1NC(=O)c1ccc(C(=O)O)cc1. The molecular weight excluding hydrogens is 396 g/mol. The molecule has 31 heavy (non-hydrogen) atoms. The molecule has 3 aromatic rings. The van der Waals surface area contributed by atoms with E-state index in [4.69, 9.17) is 9.84 Å². The maximum atomic E-state index is 12.7. The number of benzene rings is 3. The largest absolute Gasteiger partial charge is 0.478 e. The molecule has 0 bridgehead atoms. The fourth-order valence-electron chi connectivity index (χ4n) is 2.81. The molecule has 7 nitrogen and oxygen atoms in total. The molecule has 0 saturated carbocycles. The number of amides is 2. The average Bonchev–Trinajstić information content (AvgIpc) is 2.75. The highest BCUT2D eigenvalue weighted by Crippen LogP contribution is 2.27. The van der Waals surface area contributed by atoms with Gasteiger partial charge in [-0.05, 0) is 68.4 Å². The first kappa shape index (κ1) is 21.6. The Bertz CT molecular complexity index is 1090. The number of carbonyl (C=O) groups excluding carboxylic acids is 2. The summed E-state index contributed by atoms with van der Waals surface area (Å²) in [6.07, 6.45) is 0. The third-order valence-electron chi connectivity index (χ3n) is 4.28. The van der Waals surface area contributed by atoms with E-state index in [9.17, 15) is 14.4 Å². The maximum Gasteiger partial charge on any atom is 0.335 e. The predicted octanol–water partition coefficient (Wildman–Crippen LogP) is 4.57. The number of para-hydroxylation sites is 1. The molecule has 158 valence electrons. The minimum atomic E-state index is -1.08. The molecule has 3 rings (SSSR count). The Morgan fingerprint density at radius 2 is 1.45 bits per heavy atom. The van der Waals surface area contributed by atoms with E-state index in [2.05, 4.69) is 10.6 Å². The van der Waals surface area contributed by atoms with Gasteiger partial charge in [-0.15, -0.1) is 0 Å². The highest BCUT2D eigenvalue weighted by Gasteiger charge is 2.17. The van der Waals surface area contributed by atoms with Gasteiger partial charge in [0.05, 0.1) is 16.8 Å². The van der Waals surface area contributed by atoms with E-state index in [0.717, 1.165) is 0 Å². The number of anilines is 1. The summed E-state index contributed by atoms with van der Waals surface area (Å²) >= 11 is 0. The van der Waals surface area contributed by atoms with Crippen molar-refractivity contribution in [3.8, 4) is 11.5 Å². The van der Waals surface area contributed by atoms with E-state index in [1.54, 1.807) is 30.3 Å². The minimum absolute atomic E-state index is 0.0796. The van der Waals surface area contributed by atoms with Crippen molar-refractivity contribution in [3.05, 3.63) is 89.5 Å². The summed E-state index contributed by atoms with van der Waals surface area (Å²) < 4.78 is 5.81. The van der Waals surface area contributed by atoms with Crippen molar-refractivity contribution >= 4 is 23.5 Å². The summed E-state index contributed by atoms with van der Waals surface area (Å²) in [6.45, 7) is 3.68. The van der Waals surface area contributed by atoms with E-state index in [1.807, 2.05) is 32.0 Å². The molecule has 0 atom stereocenters. The van der Waals surface area contributed by atoms with Crippen LogP contribution in [-0.4, -0.2) is 28.9 Å². The van der Waals surface area contributed by atoms with Gasteiger partial charge in [0, 0.05) is 11.6 Å². The zero-order chi connectivity index (χ0) is 22.4. The topological polar surface area (TPSA) is 105 Å². The Morgan fingerprint density at radius 3 is 2.06 bits per heavy atom. The number of aromatic carboxylic acids is 1. The van der Waals surface area contributed by atoms with E-state index in [1.165, 1.54) is 24.3 Å². The third kappa shape index (κ3) is 5.70. The number of hydrogen-bond acceptors (Lipinski definition) is 4. The summed E-state index contributed by atoms with van der Waals surface area (Å²) in [5.41, 5.74) is 0.907. The van der Waals surface area contributed by atoms with Crippen LogP contribution in [0.4, 0.5) is 5.69 Å². The first-order chi connectivity index (χ1) is 14.8. The molecule has 0 heterocycles. The molecule has 0 spiro atoms. The van der Waals surface area contributed by atoms with Crippen molar-refractivity contribution in [2.24, 2.45) is 0 Å². The van der Waals surface area contributed by atoms with Crippen molar-refractivity contribution in [1.29, 1.82) is 0 Å². The fourth-order valence-corrected chi connectivity index (χ4v) is 2.81. The van der Waals surface area contributed by atoms with Gasteiger partial charge in [0.2, 0.25) is 0 Å². The second kappa shape index (κ2) is 9.58. The van der Waals surface area contributed by atoms with Gasteiger partial charge in [-0.3, -0.25) is 9.59 Å². The lowest BCUT2D eigenvalue weighted by Gasteiger charge is -2.15. The first-order valence-electron chi connectivity index (χ1n) is 9.66. The molecule has 2 amide bonds. The molecule has 0 radical (unpaired) electrons. The van der Waals surface area contributed by atoms with Gasteiger partial charge in [0.1, 0.15) is 11.5 Å². The molecule has 7 heteroatoms. The minimum Gasteiger partial charge on any atom is -0.478 e. The summed E-state index contributed by atoms with van der Waals surface area (Å²) in [4.78, 5) is 36.4. The van der Waals surface area contributed by atoms with Crippen molar-refractivity contribution < 1.29 is 24.2 Å². The smallest absolute Gasteiger partial charge is 0.335 e. The van der Waals surface area contributed by atoms with Gasteiger partial charge in [0.15, 0.2) is 0 Å². The number of hydrogen-bond donors (Lipinski definition) is 3. The molecule has 0 saturated heterocycles.